The molecule has 0 radical (unpaired) electrons. The smallest absolute Gasteiger partial charge is 0.238 e. The Kier molecular flexibility index (Phi) is 5.73. The van der Waals surface area contributed by atoms with Crippen LogP contribution < -0.4 is 15.2 Å². The molecular weight excluding hydrogens is 367 g/mol. The van der Waals surface area contributed by atoms with E-state index in [1.165, 1.54) is 24.3 Å². The maximum Gasteiger partial charge on any atom is 0.238 e. The summed E-state index contributed by atoms with van der Waals surface area (Å²) in [5.41, 5.74) is 2.56. The van der Waals surface area contributed by atoms with Crippen LogP contribution >= 0.6 is 0 Å². The van der Waals surface area contributed by atoms with Gasteiger partial charge in [-0.25, -0.2) is 17.9 Å². The molecule has 0 saturated heterocycles. The Hall–Kier alpha value is -2.90. The van der Waals surface area contributed by atoms with Crippen LogP contribution in [-0.2, 0) is 23.2 Å². The second kappa shape index (κ2) is 8.20. The fourth-order valence-corrected chi connectivity index (χ4v) is 3.00. The second-order valence-corrected chi connectivity index (χ2v) is 7.55. The van der Waals surface area contributed by atoms with Gasteiger partial charge in [0.05, 0.1) is 4.90 Å². The third kappa shape index (κ3) is 5.54. The molecule has 0 aliphatic rings. The highest BCUT2D eigenvalue weighted by Crippen LogP contribution is 2.17. The minimum absolute atomic E-state index is 0.0667. The molecule has 27 heavy (non-hydrogen) atoms. The number of anilines is 1. The van der Waals surface area contributed by atoms with Gasteiger partial charge in [-0.05, 0) is 53.6 Å². The largest absolute Gasteiger partial charge is 0.489 e. The quantitative estimate of drug-likeness (QED) is 0.649. The fourth-order valence-electron chi connectivity index (χ4n) is 2.44. The Bertz CT molecular complexity index is 1000. The number of nitrogens with one attached hydrogen (secondary N) is 1. The van der Waals surface area contributed by atoms with Gasteiger partial charge in [0.2, 0.25) is 10.0 Å². The molecule has 0 unspecified atom stereocenters. The van der Waals surface area contributed by atoms with Crippen molar-refractivity contribution in [1.29, 1.82) is 0 Å². The van der Waals surface area contributed by atoms with Crippen LogP contribution in [0.15, 0.2) is 77.7 Å². The van der Waals surface area contributed by atoms with Gasteiger partial charge >= 0.3 is 0 Å². The lowest BCUT2D eigenvalue weighted by Gasteiger charge is -2.10. The molecule has 3 aromatic carbocycles. The van der Waals surface area contributed by atoms with E-state index in [4.69, 9.17) is 9.88 Å². The molecule has 140 valence electrons. The van der Waals surface area contributed by atoms with E-state index >= 15 is 0 Å². The monoisotopic (exact) mass is 386 g/mol. The number of ether oxygens (including phenoxy) is 1. The number of hydrogen-bond acceptors (Lipinski definition) is 4. The number of hydrogen-bond donors (Lipinski definition) is 2. The van der Waals surface area contributed by atoms with Crippen molar-refractivity contribution >= 4 is 15.7 Å². The van der Waals surface area contributed by atoms with Crippen LogP contribution in [0.2, 0.25) is 0 Å². The van der Waals surface area contributed by atoms with Crippen LogP contribution in [0, 0.1) is 5.82 Å². The summed E-state index contributed by atoms with van der Waals surface area (Å²) >= 11 is 0. The van der Waals surface area contributed by atoms with E-state index < -0.39 is 10.0 Å². The minimum Gasteiger partial charge on any atom is -0.489 e. The molecule has 0 aliphatic carbocycles. The number of sulfonamides is 1. The Morgan fingerprint density at radius 3 is 2.26 bits per heavy atom. The highest BCUT2D eigenvalue weighted by Gasteiger charge is 2.07. The van der Waals surface area contributed by atoms with Gasteiger partial charge in [-0.1, -0.05) is 30.3 Å². The van der Waals surface area contributed by atoms with Crippen LogP contribution in [0.5, 0.6) is 5.75 Å². The van der Waals surface area contributed by atoms with Gasteiger partial charge in [-0.2, -0.15) is 0 Å². The van der Waals surface area contributed by atoms with Gasteiger partial charge in [0, 0.05) is 12.2 Å². The first-order chi connectivity index (χ1) is 12.9. The number of benzene rings is 3. The first kappa shape index (κ1) is 18.9. The van der Waals surface area contributed by atoms with Crippen molar-refractivity contribution in [1.82, 2.24) is 0 Å². The molecule has 0 fully saturated rings. The summed E-state index contributed by atoms with van der Waals surface area (Å²) in [6.45, 7) is 0.880. The molecule has 0 spiro atoms. The number of nitrogens with two attached hydrogens (primary N) is 1. The van der Waals surface area contributed by atoms with Crippen molar-refractivity contribution in [3.05, 3.63) is 89.7 Å². The zero-order chi connectivity index (χ0) is 19.3. The van der Waals surface area contributed by atoms with Gasteiger partial charge < -0.3 is 10.1 Å². The normalized spacial score (nSPS) is 11.2. The highest BCUT2D eigenvalue weighted by molar-refractivity contribution is 7.89. The lowest BCUT2D eigenvalue weighted by molar-refractivity contribution is 0.306. The van der Waals surface area contributed by atoms with Crippen LogP contribution in [0.3, 0.4) is 0 Å². The van der Waals surface area contributed by atoms with Gasteiger partial charge in [0.25, 0.3) is 0 Å². The summed E-state index contributed by atoms with van der Waals surface area (Å²) in [5, 5.41) is 8.30. The van der Waals surface area contributed by atoms with Crippen molar-refractivity contribution in [3.8, 4) is 5.75 Å². The van der Waals surface area contributed by atoms with Crippen LogP contribution in [0.4, 0.5) is 10.1 Å². The third-order valence-corrected chi connectivity index (χ3v) is 4.81. The first-order valence-corrected chi connectivity index (χ1v) is 9.78. The molecule has 0 saturated carbocycles. The molecule has 3 N–H and O–H groups in total. The molecule has 0 amide bonds. The zero-order valence-electron chi connectivity index (χ0n) is 14.4. The lowest BCUT2D eigenvalue weighted by Crippen LogP contribution is -2.12. The summed E-state index contributed by atoms with van der Waals surface area (Å²) in [5.74, 6) is 0.435. The van der Waals surface area contributed by atoms with Gasteiger partial charge in [-0.15, -0.1) is 0 Å². The minimum atomic E-state index is -3.72. The van der Waals surface area contributed by atoms with Crippen molar-refractivity contribution in [2.75, 3.05) is 5.32 Å². The third-order valence-electron chi connectivity index (χ3n) is 3.90. The number of primary sulfonamides is 1. The molecule has 0 atom stereocenters. The Morgan fingerprint density at radius 1 is 0.926 bits per heavy atom. The lowest BCUT2D eigenvalue weighted by atomic mass is 10.2. The fraction of sp³-hybridized carbons (Fsp3) is 0.100. The summed E-state index contributed by atoms with van der Waals surface area (Å²) in [6.07, 6.45) is 0. The van der Waals surface area contributed by atoms with Crippen molar-refractivity contribution in [2.45, 2.75) is 18.0 Å². The van der Waals surface area contributed by atoms with Crippen molar-refractivity contribution in [2.24, 2.45) is 5.14 Å². The molecule has 0 heterocycles. The second-order valence-electron chi connectivity index (χ2n) is 5.99. The molecular formula is C20H19FN2O3S. The average Bonchev–Trinajstić information content (AvgIpc) is 2.66. The van der Waals surface area contributed by atoms with E-state index in [1.54, 1.807) is 24.3 Å². The van der Waals surface area contributed by atoms with Crippen molar-refractivity contribution in [3.63, 3.8) is 0 Å². The van der Waals surface area contributed by atoms with E-state index in [0.717, 1.165) is 11.1 Å². The topological polar surface area (TPSA) is 81.4 Å². The highest BCUT2D eigenvalue weighted by atomic mass is 32.2. The average molecular weight is 386 g/mol. The van der Waals surface area contributed by atoms with Gasteiger partial charge in [0.15, 0.2) is 0 Å². The maximum atomic E-state index is 12.9. The predicted octanol–water partition coefficient (Wildman–Crippen LogP) is 3.66. The van der Waals surface area contributed by atoms with Gasteiger partial charge in [-0.3, -0.25) is 0 Å². The van der Waals surface area contributed by atoms with Crippen molar-refractivity contribution < 1.29 is 17.5 Å². The molecule has 3 aromatic rings. The molecule has 5 nitrogen and oxygen atoms in total. The van der Waals surface area contributed by atoms with Crippen LogP contribution in [-0.4, -0.2) is 8.42 Å². The summed E-state index contributed by atoms with van der Waals surface area (Å²) in [4.78, 5) is 0.0667. The summed E-state index contributed by atoms with van der Waals surface area (Å²) in [7, 11) is -3.72. The number of halogens is 1. The van der Waals surface area contributed by atoms with E-state index in [-0.39, 0.29) is 10.7 Å². The van der Waals surface area contributed by atoms with Gasteiger partial charge in [0.1, 0.15) is 18.2 Å². The summed E-state index contributed by atoms with van der Waals surface area (Å²) < 4.78 is 41.4. The van der Waals surface area contributed by atoms with E-state index in [9.17, 15) is 12.8 Å². The standard InChI is InChI=1S/C20H19FN2O3S/c21-17-8-4-16(5-9-17)14-26-19-10-6-15(7-11-19)13-23-18-2-1-3-20(12-18)27(22,24)25/h1-12,23H,13-14H2,(H2,22,24,25). The number of rotatable bonds is 7. The van der Waals surface area contributed by atoms with E-state index in [2.05, 4.69) is 5.32 Å². The Labute approximate surface area is 157 Å². The van der Waals surface area contributed by atoms with E-state index in [0.29, 0.717) is 24.6 Å². The first-order valence-electron chi connectivity index (χ1n) is 8.23. The Balaban J connectivity index is 1.55. The van der Waals surface area contributed by atoms with Crippen LogP contribution in [0.25, 0.3) is 0 Å². The maximum absolute atomic E-state index is 12.9. The molecule has 0 aromatic heterocycles. The Morgan fingerprint density at radius 2 is 1.59 bits per heavy atom. The molecule has 7 heteroatoms. The zero-order valence-corrected chi connectivity index (χ0v) is 15.2. The van der Waals surface area contributed by atoms with E-state index in [1.807, 2.05) is 24.3 Å². The van der Waals surface area contributed by atoms with Crippen LogP contribution in [0.1, 0.15) is 11.1 Å². The molecule has 0 aliphatic heterocycles. The predicted molar refractivity (Wildman–Crippen MR) is 102 cm³/mol. The SMILES string of the molecule is NS(=O)(=O)c1cccc(NCc2ccc(OCc3ccc(F)cc3)cc2)c1. The molecule has 0 bridgehead atoms. The summed E-state index contributed by atoms with van der Waals surface area (Å²) in [6, 6.07) is 20.0. The molecule has 3 rings (SSSR count).